The van der Waals surface area contributed by atoms with Crippen molar-refractivity contribution in [2.75, 3.05) is 17.8 Å². The molecule has 0 saturated heterocycles. The van der Waals surface area contributed by atoms with Crippen molar-refractivity contribution in [1.29, 1.82) is 0 Å². The Hall–Kier alpha value is -1.49. The predicted octanol–water partition coefficient (Wildman–Crippen LogP) is 5.78. The summed E-state index contributed by atoms with van der Waals surface area (Å²) < 4.78 is 12.1. The molecule has 1 aliphatic rings. The third-order valence-electron chi connectivity index (χ3n) is 5.04. The maximum absolute atomic E-state index is 12.0. The molecule has 1 unspecified atom stereocenters. The first kappa shape index (κ1) is 20.8. The molecule has 0 bridgehead atoms. The molecule has 4 nitrogen and oxygen atoms in total. The molecule has 5 heteroatoms. The van der Waals surface area contributed by atoms with Gasteiger partial charge in [-0.3, -0.25) is 4.79 Å². The summed E-state index contributed by atoms with van der Waals surface area (Å²) in [6.45, 7) is 8.40. The van der Waals surface area contributed by atoms with Crippen molar-refractivity contribution in [3.05, 3.63) is 22.8 Å². The normalized spacial score (nSPS) is 18.2. The number of carbonyl (C=O) groups is 1. The van der Waals surface area contributed by atoms with Crippen LogP contribution in [0.25, 0.3) is 6.08 Å². The molecule has 1 heterocycles. The lowest BCUT2D eigenvalue weighted by molar-refractivity contribution is -0.113. The summed E-state index contributed by atoms with van der Waals surface area (Å²) in [6.07, 6.45) is 10.0. The number of halogens is 1. The predicted molar refractivity (Wildman–Crippen MR) is 112 cm³/mol. The molecule has 1 atom stereocenters. The lowest BCUT2D eigenvalue weighted by Crippen LogP contribution is -2.32. The molecular formula is C21H30BrNO3. The van der Waals surface area contributed by atoms with Crippen molar-refractivity contribution in [3.8, 4) is 11.5 Å². The standard InChI is InChI=1S/C21H30BrNO3/c1-6-7-8-9-11-21(4)12-10-16-18(23-17(24)13-22)20(25-5)15(3)14(2)19(16)26-21/h10,12H,6-9,11,13H2,1-5H3,(H,23,24). The minimum absolute atomic E-state index is 0.116. The number of hydrogen-bond donors (Lipinski definition) is 1. The Kier molecular flexibility index (Phi) is 7.16. The molecule has 0 aromatic heterocycles. The van der Waals surface area contributed by atoms with Crippen LogP contribution in [-0.4, -0.2) is 23.9 Å². The molecule has 1 aromatic rings. The second-order valence-corrected chi connectivity index (χ2v) is 7.70. The zero-order valence-corrected chi connectivity index (χ0v) is 18.1. The Morgan fingerprint density at radius 2 is 2.00 bits per heavy atom. The number of methoxy groups -OCH3 is 1. The minimum Gasteiger partial charge on any atom is -0.494 e. The first-order chi connectivity index (χ1) is 12.4. The van der Waals surface area contributed by atoms with Crippen LogP contribution in [0.1, 0.15) is 62.6 Å². The lowest BCUT2D eigenvalue weighted by atomic mass is 9.91. The van der Waals surface area contributed by atoms with Crippen molar-refractivity contribution >= 4 is 33.6 Å². The number of fused-ring (bicyclic) bond motifs is 1. The van der Waals surface area contributed by atoms with E-state index < -0.39 is 0 Å². The van der Waals surface area contributed by atoms with E-state index in [1.807, 2.05) is 13.8 Å². The molecule has 1 N–H and O–H groups in total. The van der Waals surface area contributed by atoms with E-state index in [2.05, 4.69) is 47.2 Å². The number of benzene rings is 1. The molecule has 1 aliphatic heterocycles. The van der Waals surface area contributed by atoms with Crippen LogP contribution in [-0.2, 0) is 4.79 Å². The van der Waals surface area contributed by atoms with Gasteiger partial charge in [-0.25, -0.2) is 0 Å². The third-order valence-corrected chi connectivity index (χ3v) is 5.55. The van der Waals surface area contributed by atoms with E-state index >= 15 is 0 Å². The van der Waals surface area contributed by atoms with Crippen LogP contribution in [0.3, 0.4) is 0 Å². The minimum atomic E-state index is -0.316. The van der Waals surface area contributed by atoms with Crippen LogP contribution in [0.4, 0.5) is 5.69 Å². The fourth-order valence-corrected chi connectivity index (χ4v) is 3.51. The molecule has 1 amide bonds. The number of nitrogens with one attached hydrogen (secondary N) is 1. The van der Waals surface area contributed by atoms with Crippen LogP contribution in [0, 0.1) is 13.8 Å². The monoisotopic (exact) mass is 423 g/mol. The largest absolute Gasteiger partial charge is 0.494 e. The fourth-order valence-electron chi connectivity index (χ4n) is 3.37. The Morgan fingerprint density at radius 1 is 1.27 bits per heavy atom. The highest BCUT2D eigenvalue weighted by atomic mass is 79.9. The molecule has 2 rings (SSSR count). The van der Waals surface area contributed by atoms with Crippen LogP contribution >= 0.6 is 15.9 Å². The van der Waals surface area contributed by atoms with Gasteiger partial charge in [0.15, 0.2) is 0 Å². The topological polar surface area (TPSA) is 47.6 Å². The summed E-state index contributed by atoms with van der Waals surface area (Å²) >= 11 is 3.20. The number of hydrogen-bond acceptors (Lipinski definition) is 3. The number of unbranched alkanes of at least 4 members (excludes halogenated alkanes) is 3. The van der Waals surface area contributed by atoms with Crippen molar-refractivity contribution in [2.24, 2.45) is 0 Å². The van der Waals surface area contributed by atoms with Crippen LogP contribution in [0.2, 0.25) is 0 Å². The van der Waals surface area contributed by atoms with Crippen molar-refractivity contribution in [1.82, 2.24) is 0 Å². The van der Waals surface area contributed by atoms with E-state index in [4.69, 9.17) is 9.47 Å². The third kappa shape index (κ3) is 4.43. The van der Waals surface area contributed by atoms with Gasteiger partial charge in [0, 0.05) is 5.56 Å². The Bertz CT molecular complexity index is 699. The lowest BCUT2D eigenvalue weighted by Gasteiger charge is -2.34. The molecule has 0 aliphatic carbocycles. The van der Waals surface area contributed by atoms with E-state index in [9.17, 15) is 4.79 Å². The first-order valence-corrected chi connectivity index (χ1v) is 10.4. The zero-order valence-electron chi connectivity index (χ0n) is 16.5. The highest BCUT2D eigenvalue weighted by molar-refractivity contribution is 9.09. The van der Waals surface area contributed by atoms with Gasteiger partial charge in [-0.1, -0.05) is 42.1 Å². The van der Waals surface area contributed by atoms with Crippen LogP contribution in [0.5, 0.6) is 11.5 Å². The number of alkyl halides is 1. The smallest absolute Gasteiger partial charge is 0.235 e. The van der Waals surface area contributed by atoms with E-state index in [0.717, 1.165) is 35.3 Å². The van der Waals surface area contributed by atoms with Gasteiger partial charge in [-0.05, 0) is 56.9 Å². The molecule has 0 saturated carbocycles. The number of rotatable bonds is 8. The second kappa shape index (κ2) is 8.94. The SMILES string of the molecule is CCCCCCC1(C)C=Cc2c(NC(=O)CBr)c(OC)c(C)c(C)c2O1. The van der Waals surface area contributed by atoms with Crippen LogP contribution < -0.4 is 14.8 Å². The van der Waals surface area contributed by atoms with Gasteiger partial charge in [0.25, 0.3) is 0 Å². The van der Waals surface area contributed by atoms with Crippen molar-refractivity contribution in [3.63, 3.8) is 0 Å². The summed E-state index contributed by atoms with van der Waals surface area (Å²) in [6, 6.07) is 0. The summed E-state index contributed by atoms with van der Waals surface area (Å²) in [7, 11) is 1.63. The van der Waals surface area contributed by atoms with Gasteiger partial charge in [-0.2, -0.15) is 0 Å². The average molecular weight is 424 g/mol. The Balaban J connectivity index is 2.40. The molecular weight excluding hydrogens is 394 g/mol. The molecule has 0 radical (unpaired) electrons. The van der Waals surface area contributed by atoms with Gasteiger partial charge in [0.1, 0.15) is 17.1 Å². The Labute approximate surface area is 165 Å². The highest BCUT2D eigenvalue weighted by Crippen LogP contribution is 2.46. The maximum Gasteiger partial charge on any atom is 0.235 e. The van der Waals surface area contributed by atoms with Gasteiger partial charge < -0.3 is 14.8 Å². The molecule has 144 valence electrons. The van der Waals surface area contributed by atoms with E-state index in [1.54, 1.807) is 7.11 Å². The first-order valence-electron chi connectivity index (χ1n) is 9.32. The number of ether oxygens (including phenoxy) is 2. The highest BCUT2D eigenvalue weighted by Gasteiger charge is 2.31. The maximum atomic E-state index is 12.0. The molecule has 26 heavy (non-hydrogen) atoms. The summed E-state index contributed by atoms with van der Waals surface area (Å²) in [4.78, 5) is 12.0. The van der Waals surface area contributed by atoms with E-state index in [-0.39, 0.29) is 16.8 Å². The average Bonchev–Trinajstić information content (AvgIpc) is 2.63. The van der Waals surface area contributed by atoms with E-state index in [0.29, 0.717) is 11.4 Å². The molecule has 1 aromatic carbocycles. The van der Waals surface area contributed by atoms with Crippen molar-refractivity contribution in [2.45, 2.75) is 65.4 Å². The summed E-state index contributed by atoms with van der Waals surface area (Å²) in [5.41, 5.74) is 3.28. The summed E-state index contributed by atoms with van der Waals surface area (Å²) in [5, 5.41) is 3.19. The van der Waals surface area contributed by atoms with Crippen LogP contribution in [0.15, 0.2) is 6.08 Å². The Morgan fingerprint density at radius 3 is 2.62 bits per heavy atom. The second-order valence-electron chi connectivity index (χ2n) is 7.14. The fraction of sp³-hybridized carbons (Fsp3) is 0.571. The van der Waals surface area contributed by atoms with E-state index in [1.165, 1.54) is 19.3 Å². The van der Waals surface area contributed by atoms with Crippen molar-refractivity contribution < 1.29 is 14.3 Å². The molecule has 0 spiro atoms. The van der Waals surface area contributed by atoms with Gasteiger partial charge >= 0.3 is 0 Å². The number of carbonyl (C=O) groups excluding carboxylic acids is 1. The van der Waals surface area contributed by atoms with Gasteiger partial charge in [-0.15, -0.1) is 0 Å². The number of anilines is 1. The molecule has 0 fully saturated rings. The van der Waals surface area contributed by atoms with Gasteiger partial charge in [0.05, 0.1) is 18.1 Å². The number of amides is 1. The zero-order chi connectivity index (χ0) is 19.3. The quantitative estimate of drug-likeness (QED) is 0.425. The van der Waals surface area contributed by atoms with Gasteiger partial charge in [0.2, 0.25) is 5.91 Å². The summed E-state index contributed by atoms with van der Waals surface area (Å²) in [5.74, 6) is 1.42.